The Balaban J connectivity index is 3.34. The molecule has 0 aromatic carbocycles. The number of rotatable bonds is 2. The van der Waals surface area contributed by atoms with Crippen molar-refractivity contribution in [3.05, 3.63) is 24.1 Å². The molecule has 1 rings (SSSR count). The van der Waals surface area contributed by atoms with Gasteiger partial charge in [0.2, 0.25) is 0 Å². The summed E-state index contributed by atoms with van der Waals surface area (Å²) in [6.07, 6.45) is 6.13. The Morgan fingerprint density at radius 3 is 2.47 bits per heavy atom. The predicted octanol–water partition coefficient (Wildman–Crippen LogP) is 3.12. The number of halogens is 1. The molecule has 0 aromatic rings. The van der Waals surface area contributed by atoms with Crippen LogP contribution in [-0.4, -0.2) is 15.2 Å². The molecule has 0 saturated carbocycles. The summed E-state index contributed by atoms with van der Waals surface area (Å²) in [5.74, 6) is -0.458. The van der Waals surface area contributed by atoms with Crippen LogP contribution in [0.3, 0.4) is 0 Å². The van der Waals surface area contributed by atoms with Crippen LogP contribution in [0.5, 0.6) is 0 Å². The molecule has 0 saturated heterocycles. The standard InChI is InChI=1S/C11H18FNOS/c1-8(2)9-6-5-7-10(12)11(9,3)15(4,13)14/h5-9,13H,1-4H3/t9?,11?,15-/m1/s1. The Morgan fingerprint density at radius 1 is 1.60 bits per heavy atom. The molecular formula is C11H18FNOS. The first-order valence-corrected chi connectivity index (χ1v) is 6.95. The zero-order valence-electron chi connectivity index (χ0n) is 9.58. The highest BCUT2D eigenvalue weighted by atomic mass is 32.2. The third-order valence-corrected chi connectivity index (χ3v) is 5.28. The van der Waals surface area contributed by atoms with Crippen molar-refractivity contribution in [2.75, 3.05) is 6.26 Å². The average molecular weight is 231 g/mol. The first-order valence-electron chi connectivity index (χ1n) is 4.99. The molecule has 0 bridgehead atoms. The summed E-state index contributed by atoms with van der Waals surface area (Å²) in [5, 5.41) is 0. The van der Waals surface area contributed by atoms with Crippen molar-refractivity contribution in [2.45, 2.75) is 25.5 Å². The summed E-state index contributed by atoms with van der Waals surface area (Å²) in [4.78, 5) is 0. The van der Waals surface area contributed by atoms with E-state index in [-0.39, 0.29) is 11.8 Å². The first kappa shape index (κ1) is 12.4. The topological polar surface area (TPSA) is 40.9 Å². The second kappa shape index (κ2) is 3.74. The highest BCUT2D eigenvalue weighted by Crippen LogP contribution is 2.42. The van der Waals surface area contributed by atoms with E-state index in [1.54, 1.807) is 13.0 Å². The van der Waals surface area contributed by atoms with Gasteiger partial charge in [0.15, 0.2) is 0 Å². The van der Waals surface area contributed by atoms with Gasteiger partial charge < -0.3 is 0 Å². The fraction of sp³-hybridized carbons (Fsp3) is 0.636. The molecule has 0 fully saturated rings. The lowest BCUT2D eigenvalue weighted by Gasteiger charge is -2.39. The van der Waals surface area contributed by atoms with Gasteiger partial charge in [0.1, 0.15) is 10.6 Å². The lowest BCUT2D eigenvalue weighted by Crippen LogP contribution is -2.45. The summed E-state index contributed by atoms with van der Waals surface area (Å²) in [6.45, 7) is 5.50. The molecule has 1 aliphatic rings. The second-order valence-corrected chi connectivity index (χ2v) is 7.16. The molecule has 1 aliphatic carbocycles. The fourth-order valence-electron chi connectivity index (χ4n) is 2.07. The Labute approximate surface area is 91.2 Å². The van der Waals surface area contributed by atoms with Crippen LogP contribution >= 0.6 is 0 Å². The summed E-state index contributed by atoms with van der Waals surface area (Å²) in [7, 11) is -2.96. The maximum absolute atomic E-state index is 13.8. The summed E-state index contributed by atoms with van der Waals surface area (Å²) < 4.78 is 32.3. The predicted molar refractivity (Wildman–Crippen MR) is 61.9 cm³/mol. The summed E-state index contributed by atoms with van der Waals surface area (Å²) in [6, 6.07) is 0. The molecule has 4 heteroatoms. The van der Waals surface area contributed by atoms with Crippen molar-refractivity contribution in [3.8, 4) is 0 Å². The van der Waals surface area contributed by atoms with Crippen LogP contribution in [0.25, 0.3) is 0 Å². The van der Waals surface area contributed by atoms with Crippen LogP contribution in [0.1, 0.15) is 20.8 Å². The minimum Gasteiger partial charge on any atom is -0.252 e. The minimum absolute atomic E-state index is 0.164. The molecule has 1 N–H and O–H groups in total. The van der Waals surface area contributed by atoms with E-state index in [4.69, 9.17) is 4.78 Å². The Bertz CT molecular complexity index is 408. The molecule has 2 unspecified atom stereocenters. The van der Waals surface area contributed by atoms with Crippen molar-refractivity contribution in [1.29, 1.82) is 4.78 Å². The van der Waals surface area contributed by atoms with Gasteiger partial charge >= 0.3 is 0 Å². The smallest absolute Gasteiger partial charge is 0.120 e. The van der Waals surface area contributed by atoms with Crippen molar-refractivity contribution >= 4 is 9.73 Å². The molecule has 0 aromatic heterocycles. The van der Waals surface area contributed by atoms with Crippen LogP contribution in [-0.2, 0) is 9.73 Å². The van der Waals surface area contributed by atoms with E-state index in [1.165, 1.54) is 12.3 Å². The van der Waals surface area contributed by atoms with Gasteiger partial charge in [-0.05, 0) is 18.9 Å². The van der Waals surface area contributed by atoms with Crippen LogP contribution in [0.15, 0.2) is 24.1 Å². The second-order valence-electron chi connectivity index (χ2n) is 4.62. The molecule has 0 radical (unpaired) electrons. The van der Waals surface area contributed by atoms with Crippen molar-refractivity contribution < 1.29 is 8.60 Å². The minimum atomic E-state index is -2.96. The maximum atomic E-state index is 13.8. The van der Waals surface area contributed by atoms with Gasteiger partial charge in [0.05, 0.1) is 9.73 Å². The molecule has 3 atom stereocenters. The molecule has 15 heavy (non-hydrogen) atoms. The van der Waals surface area contributed by atoms with Gasteiger partial charge in [-0.1, -0.05) is 26.0 Å². The molecule has 2 nitrogen and oxygen atoms in total. The normalized spacial score (nSPS) is 35.1. The van der Waals surface area contributed by atoms with E-state index < -0.39 is 20.3 Å². The molecule has 0 aliphatic heterocycles. The van der Waals surface area contributed by atoms with Crippen molar-refractivity contribution in [1.82, 2.24) is 0 Å². The van der Waals surface area contributed by atoms with Gasteiger partial charge in [0.25, 0.3) is 0 Å². The van der Waals surface area contributed by atoms with Crippen LogP contribution in [0.2, 0.25) is 0 Å². The van der Waals surface area contributed by atoms with Gasteiger partial charge in [-0.2, -0.15) is 0 Å². The summed E-state index contributed by atoms with van der Waals surface area (Å²) in [5.41, 5.74) is 0. The number of hydrogen-bond donors (Lipinski definition) is 1. The zero-order chi connectivity index (χ0) is 11.9. The highest BCUT2D eigenvalue weighted by molar-refractivity contribution is 7.93. The van der Waals surface area contributed by atoms with E-state index in [1.807, 2.05) is 19.9 Å². The quantitative estimate of drug-likeness (QED) is 0.779. The number of hydrogen-bond acceptors (Lipinski definition) is 2. The molecule has 86 valence electrons. The van der Waals surface area contributed by atoms with Crippen molar-refractivity contribution in [2.24, 2.45) is 11.8 Å². The van der Waals surface area contributed by atoms with E-state index >= 15 is 0 Å². The first-order chi connectivity index (χ1) is 6.71. The Hall–Kier alpha value is -0.640. The lowest BCUT2D eigenvalue weighted by molar-refractivity contribution is 0.344. The van der Waals surface area contributed by atoms with Gasteiger partial charge in [-0.3, -0.25) is 4.78 Å². The van der Waals surface area contributed by atoms with Gasteiger partial charge in [-0.15, -0.1) is 0 Å². The van der Waals surface area contributed by atoms with Crippen LogP contribution < -0.4 is 0 Å². The maximum Gasteiger partial charge on any atom is 0.120 e. The lowest BCUT2D eigenvalue weighted by atomic mass is 9.80. The van der Waals surface area contributed by atoms with Crippen LogP contribution in [0, 0.1) is 16.6 Å². The zero-order valence-corrected chi connectivity index (χ0v) is 10.4. The monoisotopic (exact) mass is 231 g/mol. The van der Waals surface area contributed by atoms with E-state index in [0.717, 1.165) is 0 Å². The Morgan fingerprint density at radius 2 is 2.13 bits per heavy atom. The van der Waals surface area contributed by atoms with Crippen molar-refractivity contribution in [3.63, 3.8) is 0 Å². The number of nitrogens with one attached hydrogen (secondary N) is 1. The van der Waals surface area contributed by atoms with Gasteiger partial charge in [-0.25, -0.2) is 8.60 Å². The average Bonchev–Trinajstić information content (AvgIpc) is 2.07. The SMILES string of the molecule is CC(C)C1C=CC=C(F)C1(C)[S@](C)(=N)=O. The Kier molecular flexibility index (Phi) is 3.10. The molecule has 0 amide bonds. The summed E-state index contributed by atoms with van der Waals surface area (Å²) >= 11 is 0. The molecule has 0 spiro atoms. The highest BCUT2D eigenvalue weighted by Gasteiger charge is 2.46. The third kappa shape index (κ3) is 1.87. The van der Waals surface area contributed by atoms with Crippen LogP contribution in [0.4, 0.5) is 4.39 Å². The molecule has 0 heterocycles. The van der Waals surface area contributed by atoms with Gasteiger partial charge in [0, 0.05) is 12.2 Å². The third-order valence-electron chi connectivity index (χ3n) is 3.20. The largest absolute Gasteiger partial charge is 0.252 e. The number of allylic oxidation sites excluding steroid dienone is 3. The molecular weight excluding hydrogens is 213 g/mol. The van der Waals surface area contributed by atoms with E-state index in [0.29, 0.717) is 0 Å². The van der Waals surface area contributed by atoms with E-state index in [2.05, 4.69) is 0 Å². The van der Waals surface area contributed by atoms with E-state index in [9.17, 15) is 8.60 Å². The fourth-order valence-corrected chi connectivity index (χ4v) is 3.38.